The Morgan fingerprint density at radius 3 is 2.52 bits per heavy atom. The normalized spacial score (nSPS) is 11.2. The molecule has 0 fully saturated rings. The number of amides is 2. The number of carbonyl (C=O) groups excluding carboxylic acids is 2. The van der Waals surface area contributed by atoms with E-state index in [0.717, 1.165) is 45.2 Å². The molecule has 0 aliphatic carbocycles. The summed E-state index contributed by atoms with van der Waals surface area (Å²) in [5.74, 6) is 0.442. The van der Waals surface area contributed by atoms with Crippen LogP contribution in [0.5, 0.6) is 5.75 Å². The molecule has 0 atom stereocenters. The molecule has 7 nitrogen and oxygen atoms in total. The lowest BCUT2D eigenvalue weighted by Crippen LogP contribution is -2.31. The van der Waals surface area contributed by atoms with E-state index in [0.29, 0.717) is 17.7 Å². The number of nitrogens with one attached hydrogen (secondary N) is 3. The van der Waals surface area contributed by atoms with Crippen molar-refractivity contribution in [3.8, 4) is 16.9 Å². The minimum atomic E-state index is -0.158. The largest absolute Gasteiger partial charge is 0.497 e. The molecule has 4 rings (SSSR count). The van der Waals surface area contributed by atoms with Crippen molar-refractivity contribution < 1.29 is 14.3 Å². The topological polar surface area (TPSA) is 86.5 Å². The molecule has 0 spiro atoms. The third-order valence-electron chi connectivity index (χ3n) is 5.69. The average molecular weight is 445 g/mol. The van der Waals surface area contributed by atoms with Crippen molar-refractivity contribution >= 4 is 33.6 Å². The number of aromatic amines is 1. The molecule has 7 heteroatoms. The van der Waals surface area contributed by atoms with Crippen LogP contribution in [-0.2, 0) is 0 Å². The van der Waals surface area contributed by atoms with Crippen LogP contribution in [0.4, 0.5) is 0 Å². The Labute approximate surface area is 192 Å². The number of H-pyrrole nitrogens is 1. The Morgan fingerprint density at radius 2 is 1.79 bits per heavy atom. The van der Waals surface area contributed by atoms with Gasteiger partial charge in [-0.05, 0) is 61.6 Å². The summed E-state index contributed by atoms with van der Waals surface area (Å²) in [7, 11) is 7.18. The first kappa shape index (κ1) is 22.4. The van der Waals surface area contributed by atoms with E-state index in [4.69, 9.17) is 4.74 Å². The molecule has 0 aliphatic rings. The number of hydrogen-bond acceptors (Lipinski definition) is 4. The van der Waals surface area contributed by atoms with Gasteiger partial charge in [0.25, 0.3) is 11.8 Å². The van der Waals surface area contributed by atoms with Crippen LogP contribution in [0.2, 0.25) is 0 Å². The first-order valence-electron chi connectivity index (χ1n) is 10.8. The number of likely N-dealkylation sites (N-methyl/N-ethyl adjacent to an activating group) is 1. The number of benzene rings is 3. The van der Waals surface area contributed by atoms with Crippen molar-refractivity contribution in [1.82, 2.24) is 20.5 Å². The Balaban J connectivity index is 1.89. The lowest BCUT2D eigenvalue weighted by atomic mass is 9.98. The Kier molecular flexibility index (Phi) is 6.33. The average Bonchev–Trinajstić information content (AvgIpc) is 3.20. The lowest BCUT2D eigenvalue weighted by molar-refractivity contribution is 0.0948. The number of carbonyl (C=O) groups is 2. The summed E-state index contributed by atoms with van der Waals surface area (Å²) in [5, 5.41) is 7.54. The highest BCUT2D eigenvalue weighted by Gasteiger charge is 2.17. The maximum atomic E-state index is 13.2. The summed E-state index contributed by atoms with van der Waals surface area (Å²) in [6, 6.07) is 17.3. The second-order valence-corrected chi connectivity index (χ2v) is 8.20. The highest BCUT2D eigenvalue weighted by Crippen LogP contribution is 2.34. The second-order valence-electron chi connectivity index (χ2n) is 8.20. The molecule has 1 aromatic heterocycles. The predicted octanol–water partition coefficient (Wildman–Crippen LogP) is 3.65. The van der Waals surface area contributed by atoms with Crippen molar-refractivity contribution in [3.05, 3.63) is 65.7 Å². The van der Waals surface area contributed by atoms with Crippen LogP contribution in [0.25, 0.3) is 32.9 Å². The molecule has 0 unspecified atom stereocenters. The van der Waals surface area contributed by atoms with Crippen molar-refractivity contribution in [1.29, 1.82) is 0 Å². The molecule has 0 bridgehead atoms. The monoisotopic (exact) mass is 444 g/mol. The summed E-state index contributed by atoms with van der Waals surface area (Å²) < 4.78 is 5.39. The zero-order valence-electron chi connectivity index (χ0n) is 19.3. The van der Waals surface area contributed by atoms with E-state index in [2.05, 4.69) is 21.7 Å². The molecule has 1 heterocycles. The zero-order valence-corrected chi connectivity index (χ0v) is 19.3. The minimum Gasteiger partial charge on any atom is -0.497 e. The number of ether oxygens (including phenoxy) is 1. The van der Waals surface area contributed by atoms with Crippen LogP contribution in [-0.4, -0.2) is 63.0 Å². The van der Waals surface area contributed by atoms with Crippen LogP contribution in [0.15, 0.2) is 54.6 Å². The van der Waals surface area contributed by atoms with Gasteiger partial charge in [0.15, 0.2) is 0 Å². The number of rotatable bonds is 7. The van der Waals surface area contributed by atoms with Crippen molar-refractivity contribution in [2.24, 2.45) is 0 Å². The first-order chi connectivity index (χ1) is 15.9. The third-order valence-corrected chi connectivity index (χ3v) is 5.69. The van der Waals surface area contributed by atoms with Gasteiger partial charge >= 0.3 is 0 Å². The predicted molar refractivity (Wildman–Crippen MR) is 132 cm³/mol. The lowest BCUT2D eigenvalue weighted by Gasteiger charge is -2.12. The molecular weight excluding hydrogens is 416 g/mol. The van der Waals surface area contributed by atoms with Crippen LogP contribution in [0.3, 0.4) is 0 Å². The van der Waals surface area contributed by atoms with Gasteiger partial charge in [0.1, 0.15) is 5.75 Å². The van der Waals surface area contributed by atoms with Crippen LogP contribution in [0, 0.1) is 0 Å². The molecule has 0 saturated heterocycles. The van der Waals surface area contributed by atoms with Crippen LogP contribution < -0.4 is 15.4 Å². The fourth-order valence-corrected chi connectivity index (χ4v) is 3.93. The van der Waals surface area contributed by atoms with Gasteiger partial charge in [0.05, 0.1) is 18.2 Å². The molecule has 2 amide bonds. The fourth-order valence-electron chi connectivity index (χ4n) is 3.93. The maximum absolute atomic E-state index is 13.2. The first-order valence-corrected chi connectivity index (χ1v) is 10.8. The second kappa shape index (κ2) is 9.34. The molecule has 3 aromatic carbocycles. The van der Waals surface area contributed by atoms with Gasteiger partial charge in [-0.2, -0.15) is 0 Å². The molecule has 170 valence electrons. The van der Waals surface area contributed by atoms with Gasteiger partial charge in [-0.15, -0.1) is 0 Å². The van der Waals surface area contributed by atoms with Gasteiger partial charge in [-0.1, -0.05) is 18.2 Å². The van der Waals surface area contributed by atoms with Crippen molar-refractivity contribution in [2.45, 2.75) is 0 Å². The standard InChI is InChI=1S/C26H28N4O3/c1-27-25(31)17-8-9-20-21-13-18(16-6-5-7-19(12-16)33-4)14-22(24(21)29-23(20)15-17)26(32)28-10-11-30(2)3/h5-9,12-15,29H,10-11H2,1-4H3,(H,27,31)(H,28,32). The van der Waals surface area contributed by atoms with Gasteiger partial charge in [0.2, 0.25) is 0 Å². The van der Waals surface area contributed by atoms with E-state index in [-0.39, 0.29) is 11.8 Å². The SMILES string of the molecule is CNC(=O)c1ccc2c(c1)[nH]c1c(C(=O)NCCN(C)C)cc(-c3cccc(OC)c3)cc12. The smallest absolute Gasteiger partial charge is 0.253 e. The molecule has 4 aromatic rings. The number of hydrogen-bond donors (Lipinski definition) is 3. The summed E-state index contributed by atoms with van der Waals surface area (Å²) in [4.78, 5) is 30.7. The number of aromatic nitrogens is 1. The Morgan fingerprint density at radius 1 is 0.970 bits per heavy atom. The van der Waals surface area contributed by atoms with Gasteiger partial charge < -0.3 is 25.3 Å². The highest BCUT2D eigenvalue weighted by atomic mass is 16.5. The van der Waals surface area contributed by atoms with Crippen molar-refractivity contribution in [2.75, 3.05) is 41.3 Å². The minimum absolute atomic E-state index is 0.148. The zero-order chi connectivity index (χ0) is 23.5. The van der Waals surface area contributed by atoms with Crippen LogP contribution >= 0.6 is 0 Å². The molecule has 0 saturated carbocycles. The van der Waals surface area contributed by atoms with Gasteiger partial charge in [-0.25, -0.2) is 0 Å². The number of methoxy groups -OCH3 is 1. The highest BCUT2D eigenvalue weighted by molar-refractivity contribution is 6.17. The van der Waals surface area contributed by atoms with E-state index in [1.807, 2.05) is 61.5 Å². The molecule has 0 aliphatic heterocycles. The van der Waals surface area contributed by atoms with E-state index in [1.54, 1.807) is 20.2 Å². The Hall–Kier alpha value is -3.84. The van der Waals surface area contributed by atoms with E-state index < -0.39 is 0 Å². The Bertz CT molecular complexity index is 1340. The van der Waals surface area contributed by atoms with E-state index in [1.165, 1.54) is 0 Å². The quantitative estimate of drug-likeness (QED) is 0.406. The van der Waals surface area contributed by atoms with E-state index >= 15 is 0 Å². The number of fused-ring (bicyclic) bond motifs is 3. The summed E-state index contributed by atoms with van der Waals surface area (Å²) in [5.41, 5.74) is 4.53. The maximum Gasteiger partial charge on any atom is 0.253 e. The summed E-state index contributed by atoms with van der Waals surface area (Å²) in [6.07, 6.45) is 0. The van der Waals surface area contributed by atoms with Gasteiger partial charge in [0, 0.05) is 42.0 Å². The number of nitrogens with zero attached hydrogens (tertiary/aromatic N) is 1. The molecule has 33 heavy (non-hydrogen) atoms. The molecule has 3 N–H and O–H groups in total. The third kappa shape index (κ3) is 4.54. The van der Waals surface area contributed by atoms with Crippen LogP contribution in [0.1, 0.15) is 20.7 Å². The molecule has 0 radical (unpaired) electrons. The van der Waals surface area contributed by atoms with E-state index in [9.17, 15) is 9.59 Å². The summed E-state index contributed by atoms with van der Waals surface area (Å²) in [6.45, 7) is 1.28. The fraction of sp³-hybridized carbons (Fsp3) is 0.231. The molecular formula is C26H28N4O3. The van der Waals surface area contributed by atoms with Crippen molar-refractivity contribution in [3.63, 3.8) is 0 Å². The van der Waals surface area contributed by atoms with Gasteiger partial charge in [-0.3, -0.25) is 9.59 Å². The summed E-state index contributed by atoms with van der Waals surface area (Å²) >= 11 is 0.